The molecule has 1 aromatic rings. The Morgan fingerprint density at radius 3 is 2.71 bits per heavy atom. The van der Waals surface area contributed by atoms with Crippen molar-refractivity contribution in [2.45, 2.75) is 20.8 Å². The highest BCUT2D eigenvalue weighted by Crippen LogP contribution is 2.13. The number of anilines is 2. The van der Waals surface area contributed by atoms with Gasteiger partial charge in [0, 0.05) is 24.7 Å². The summed E-state index contributed by atoms with van der Waals surface area (Å²) in [5.41, 5.74) is 5.97. The van der Waals surface area contributed by atoms with E-state index in [0.717, 1.165) is 0 Å². The Labute approximate surface area is 102 Å². The van der Waals surface area contributed by atoms with Crippen molar-refractivity contribution < 1.29 is 4.79 Å². The van der Waals surface area contributed by atoms with Gasteiger partial charge in [0.2, 0.25) is 5.91 Å². The van der Waals surface area contributed by atoms with Gasteiger partial charge in [0.25, 0.3) is 0 Å². The number of nitrogens with zero attached hydrogens (tertiary/aromatic N) is 1. The van der Waals surface area contributed by atoms with Gasteiger partial charge in [-0.05, 0) is 12.1 Å². The first-order chi connectivity index (χ1) is 7.91. The molecule has 0 aromatic carbocycles. The molecule has 0 aliphatic carbocycles. The maximum atomic E-state index is 11.6. The van der Waals surface area contributed by atoms with E-state index in [9.17, 15) is 4.79 Å². The van der Waals surface area contributed by atoms with Crippen molar-refractivity contribution in [3.05, 3.63) is 18.3 Å². The number of nitrogens with two attached hydrogens (primary N) is 1. The number of hydrogen-bond donors (Lipinski definition) is 3. The molecule has 0 spiro atoms. The highest BCUT2D eigenvalue weighted by atomic mass is 16.2. The first-order valence-electron chi connectivity index (χ1n) is 5.64. The maximum Gasteiger partial charge on any atom is 0.225 e. The van der Waals surface area contributed by atoms with Crippen LogP contribution in [-0.2, 0) is 4.79 Å². The Kier molecular flexibility index (Phi) is 4.31. The third-order valence-corrected chi connectivity index (χ3v) is 2.22. The number of amides is 1. The van der Waals surface area contributed by atoms with Crippen molar-refractivity contribution in [2.24, 2.45) is 5.41 Å². The highest BCUT2D eigenvalue weighted by Gasteiger charge is 2.20. The van der Waals surface area contributed by atoms with Crippen molar-refractivity contribution in [1.29, 1.82) is 0 Å². The quantitative estimate of drug-likeness (QED) is 0.687. The van der Waals surface area contributed by atoms with Crippen molar-refractivity contribution >= 4 is 17.4 Å². The zero-order valence-corrected chi connectivity index (χ0v) is 10.6. The predicted molar refractivity (Wildman–Crippen MR) is 69.6 cm³/mol. The summed E-state index contributed by atoms with van der Waals surface area (Å²) in [5.74, 6) is 0.686. The summed E-state index contributed by atoms with van der Waals surface area (Å²) in [6, 6.07) is 3.56. The lowest BCUT2D eigenvalue weighted by Crippen LogP contribution is -2.37. The van der Waals surface area contributed by atoms with E-state index >= 15 is 0 Å². The Balaban J connectivity index is 2.30. The van der Waals surface area contributed by atoms with Crippen molar-refractivity contribution in [2.75, 3.05) is 24.1 Å². The van der Waals surface area contributed by atoms with Crippen molar-refractivity contribution in [3.63, 3.8) is 0 Å². The zero-order chi connectivity index (χ0) is 12.9. The van der Waals surface area contributed by atoms with Gasteiger partial charge in [-0.15, -0.1) is 0 Å². The molecular formula is C12H20N4O. The van der Waals surface area contributed by atoms with Crippen LogP contribution in [0.1, 0.15) is 20.8 Å². The molecule has 0 radical (unpaired) electrons. The second-order valence-electron chi connectivity index (χ2n) is 4.87. The van der Waals surface area contributed by atoms with Gasteiger partial charge in [0.1, 0.15) is 5.82 Å². The second-order valence-corrected chi connectivity index (χ2v) is 4.87. The third-order valence-electron chi connectivity index (χ3n) is 2.22. The first-order valence-corrected chi connectivity index (χ1v) is 5.64. The van der Waals surface area contributed by atoms with Crippen molar-refractivity contribution in [1.82, 2.24) is 10.3 Å². The molecule has 1 amide bonds. The van der Waals surface area contributed by atoms with Gasteiger partial charge in [0.15, 0.2) is 0 Å². The van der Waals surface area contributed by atoms with Gasteiger partial charge in [-0.1, -0.05) is 20.8 Å². The molecular weight excluding hydrogens is 216 g/mol. The number of hydrogen-bond acceptors (Lipinski definition) is 4. The summed E-state index contributed by atoms with van der Waals surface area (Å²) < 4.78 is 0. The van der Waals surface area contributed by atoms with Crippen LogP contribution in [0.5, 0.6) is 0 Å². The van der Waals surface area contributed by atoms with Crippen LogP contribution in [-0.4, -0.2) is 24.0 Å². The molecule has 5 heteroatoms. The number of nitrogens with one attached hydrogen (secondary N) is 2. The predicted octanol–water partition coefficient (Wildman–Crippen LogP) is 1.24. The number of aromatic nitrogens is 1. The topological polar surface area (TPSA) is 80.0 Å². The molecule has 0 aliphatic rings. The summed E-state index contributed by atoms with van der Waals surface area (Å²) >= 11 is 0. The van der Waals surface area contributed by atoms with Crippen LogP contribution in [0.4, 0.5) is 11.5 Å². The SMILES string of the molecule is CC(C)(C)C(=O)NCCNc1ncccc1N. The Hall–Kier alpha value is -1.78. The average molecular weight is 236 g/mol. The summed E-state index contributed by atoms with van der Waals surface area (Å²) in [6.07, 6.45) is 1.67. The fourth-order valence-electron chi connectivity index (χ4n) is 1.19. The molecule has 0 saturated carbocycles. The minimum atomic E-state index is -0.357. The zero-order valence-electron chi connectivity index (χ0n) is 10.6. The molecule has 0 unspecified atom stereocenters. The minimum Gasteiger partial charge on any atom is -0.396 e. The summed E-state index contributed by atoms with van der Waals surface area (Å²) in [5, 5.41) is 5.91. The summed E-state index contributed by atoms with van der Waals surface area (Å²) in [6.45, 7) is 6.79. The maximum absolute atomic E-state index is 11.6. The van der Waals surface area contributed by atoms with E-state index in [0.29, 0.717) is 24.6 Å². The summed E-state index contributed by atoms with van der Waals surface area (Å²) in [4.78, 5) is 15.7. The van der Waals surface area contributed by atoms with Gasteiger partial charge >= 0.3 is 0 Å². The number of carbonyl (C=O) groups is 1. The normalized spacial score (nSPS) is 11.0. The van der Waals surface area contributed by atoms with Crippen LogP contribution in [0.3, 0.4) is 0 Å². The molecule has 0 atom stereocenters. The van der Waals surface area contributed by atoms with E-state index in [1.807, 2.05) is 20.8 Å². The lowest BCUT2D eigenvalue weighted by molar-refractivity contribution is -0.128. The van der Waals surface area contributed by atoms with E-state index in [1.165, 1.54) is 0 Å². The van der Waals surface area contributed by atoms with E-state index in [1.54, 1.807) is 18.3 Å². The van der Waals surface area contributed by atoms with Gasteiger partial charge in [-0.2, -0.15) is 0 Å². The van der Waals surface area contributed by atoms with E-state index in [-0.39, 0.29) is 11.3 Å². The lowest BCUT2D eigenvalue weighted by Gasteiger charge is -2.17. The number of rotatable bonds is 4. The van der Waals surface area contributed by atoms with Crippen LogP contribution >= 0.6 is 0 Å². The molecule has 1 aromatic heterocycles. The van der Waals surface area contributed by atoms with Gasteiger partial charge in [0.05, 0.1) is 5.69 Å². The lowest BCUT2D eigenvalue weighted by atomic mass is 9.96. The number of pyridine rings is 1. The number of nitrogen functional groups attached to an aromatic ring is 1. The molecule has 1 heterocycles. The van der Waals surface area contributed by atoms with Gasteiger partial charge in [-0.25, -0.2) is 4.98 Å². The fraction of sp³-hybridized carbons (Fsp3) is 0.500. The molecule has 0 aliphatic heterocycles. The Morgan fingerprint density at radius 1 is 1.41 bits per heavy atom. The standard InChI is InChI=1S/C12H20N4O/c1-12(2,3)11(17)16-8-7-15-10-9(13)5-4-6-14-10/h4-6H,7-8,13H2,1-3H3,(H,14,15)(H,16,17). The van der Waals surface area contributed by atoms with Crippen LogP contribution in [0.15, 0.2) is 18.3 Å². The van der Waals surface area contributed by atoms with Crippen LogP contribution in [0.2, 0.25) is 0 Å². The summed E-state index contributed by atoms with van der Waals surface area (Å²) in [7, 11) is 0. The molecule has 5 nitrogen and oxygen atoms in total. The molecule has 1 rings (SSSR count). The van der Waals surface area contributed by atoms with Gasteiger partial charge < -0.3 is 16.4 Å². The average Bonchev–Trinajstić information content (AvgIpc) is 2.25. The highest BCUT2D eigenvalue weighted by molar-refractivity contribution is 5.81. The Bertz CT molecular complexity index is 384. The largest absolute Gasteiger partial charge is 0.396 e. The van der Waals surface area contributed by atoms with Gasteiger partial charge in [-0.3, -0.25) is 4.79 Å². The third kappa shape index (κ3) is 4.30. The molecule has 0 saturated heterocycles. The molecule has 0 fully saturated rings. The monoisotopic (exact) mass is 236 g/mol. The Morgan fingerprint density at radius 2 is 2.12 bits per heavy atom. The van der Waals surface area contributed by atoms with Crippen molar-refractivity contribution in [3.8, 4) is 0 Å². The van der Waals surface area contributed by atoms with Crippen LogP contribution in [0.25, 0.3) is 0 Å². The van der Waals surface area contributed by atoms with Crippen LogP contribution in [0, 0.1) is 5.41 Å². The molecule has 94 valence electrons. The smallest absolute Gasteiger partial charge is 0.225 e. The second kappa shape index (κ2) is 5.52. The fourth-order valence-corrected chi connectivity index (χ4v) is 1.19. The van der Waals surface area contributed by atoms with E-state index in [4.69, 9.17) is 5.73 Å². The van der Waals surface area contributed by atoms with Crippen LogP contribution < -0.4 is 16.4 Å². The molecule has 0 bridgehead atoms. The first kappa shape index (κ1) is 13.3. The number of carbonyl (C=O) groups excluding carboxylic acids is 1. The minimum absolute atomic E-state index is 0.0355. The van der Waals surface area contributed by atoms with E-state index in [2.05, 4.69) is 15.6 Å². The molecule has 17 heavy (non-hydrogen) atoms. The molecule has 4 N–H and O–H groups in total. The van der Waals surface area contributed by atoms with E-state index < -0.39 is 0 Å².